The SMILES string of the molecule is O=c1c2c[nH]cc2cnn1-c1ccccn1. The fraction of sp³-hybridized carbons (Fsp3) is 0. The van der Waals surface area contributed by atoms with E-state index in [9.17, 15) is 4.79 Å². The number of aromatic amines is 1. The van der Waals surface area contributed by atoms with Crippen molar-refractivity contribution in [1.29, 1.82) is 0 Å². The maximum absolute atomic E-state index is 12.0. The van der Waals surface area contributed by atoms with E-state index in [0.717, 1.165) is 5.39 Å². The Kier molecular flexibility index (Phi) is 1.83. The van der Waals surface area contributed by atoms with Gasteiger partial charge < -0.3 is 4.98 Å². The Labute approximate surface area is 90.4 Å². The molecule has 0 aliphatic rings. The average Bonchev–Trinajstić information content (AvgIpc) is 2.80. The van der Waals surface area contributed by atoms with Crippen LogP contribution in [0.2, 0.25) is 0 Å². The lowest BCUT2D eigenvalue weighted by Crippen LogP contribution is -2.21. The van der Waals surface area contributed by atoms with E-state index in [2.05, 4.69) is 15.1 Å². The highest BCUT2D eigenvalue weighted by Gasteiger charge is 2.06. The third-order valence-electron chi connectivity index (χ3n) is 2.38. The van der Waals surface area contributed by atoms with Gasteiger partial charge in [0.2, 0.25) is 0 Å². The van der Waals surface area contributed by atoms with Gasteiger partial charge in [-0.3, -0.25) is 4.79 Å². The van der Waals surface area contributed by atoms with Crippen LogP contribution in [0, 0.1) is 0 Å². The van der Waals surface area contributed by atoms with Crippen molar-refractivity contribution in [3.8, 4) is 5.82 Å². The molecule has 0 radical (unpaired) electrons. The molecule has 0 aliphatic carbocycles. The normalized spacial score (nSPS) is 10.8. The van der Waals surface area contributed by atoms with Crippen molar-refractivity contribution < 1.29 is 0 Å². The summed E-state index contributed by atoms with van der Waals surface area (Å²) in [6, 6.07) is 5.36. The molecule has 1 N–H and O–H groups in total. The number of nitrogens with one attached hydrogen (secondary N) is 1. The number of nitrogens with zero attached hydrogens (tertiary/aromatic N) is 3. The second-order valence-corrected chi connectivity index (χ2v) is 3.37. The van der Waals surface area contributed by atoms with Crippen LogP contribution < -0.4 is 5.56 Å². The Bertz CT molecular complexity index is 684. The molecule has 0 bridgehead atoms. The Morgan fingerprint density at radius 3 is 3.00 bits per heavy atom. The second-order valence-electron chi connectivity index (χ2n) is 3.37. The van der Waals surface area contributed by atoms with Gasteiger partial charge in [-0.05, 0) is 12.1 Å². The van der Waals surface area contributed by atoms with E-state index in [-0.39, 0.29) is 5.56 Å². The zero-order valence-corrected chi connectivity index (χ0v) is 8.29. The maximum Gasteiger partial charge on any atom is 0.282 e. The zero-order valence-electron chi connectivity index (χ0n) is 8.29. The smallest absolute Gasteiger partial charge is 0.282 e. The summed E-state index contributed by atoms with van der Waals surface area (Å²) < 4.78 is 1.29. The summed E-state index contributed by atoms with van der Waals surface area (Å²) in [6.07, 6.45) is 6.68. The Morgan fingerprint density at radius 1 is 1.25 bits per heavy atom. The molecule has 3 aromatic heterocycles. The van der Waals surface area contributed by atoms with E-state index in [1.54, 1.807) is 36.9 Å². The molecule has 0 atom stereocenters. The van der Waals surface area contributed by atoms with Gasteiger partial charge in [-0.15, -0.1) is 0 Å². The molecule has 3 heterocycles. The molecule has 0 saturated carbocycles. The van der Waals surface area contributed by atoms with Gasteiger partial charge in [0.1, 0.15) is 0 Å². The quantitative estimate of drug-likeness (QED) is 0.657. The molecule has 0 saturated heterocycles. The van der Waals surface area contributed by atoms with Crippen LogP contribution in [0.4, 0.5) is 0 Å². The number of H-pyrrole nitrogens is 1. The first-order valence-electron chi connectivity index (χ1n) is 4.82. The largest absolute Gasteiger partial charge is 0.366 e. The van der Waals surface area contributed by atoms with Crippen LogP contribution in [0.25, 0.3) is 16.6 Å². The van der Waals surface area contributed by atoms with Crippen LogP contribution in [-0.2, 0) is 0 Å². The number of hydrogen-bond acceptors (Lipinski definition) is 3. The van der Waals surface area contributed by atoms with Gasteiger partial charge in [-0.25, -0.2) is 4.98 Å². The molecule has 0 aromatic carbocycles. The summed E-state index contributed by atoms with van der Waals surface area (Å²) in [5.74, 6) is 0.524. The van der Waals surface area contributed by atoms with Crippen LogP contribution >= 0.6 is 0 Å². The van der Waals surface area contributed by atoms with Gasteiger partial charge >= 0.3 is 0 Å². The van der Waals surface area contributed by atoms with E-state index in [4.69, 9.17) is 0 Å². The van der Waals surface area contributed by atoms with Gasteiger partial charge in [0.05, 0.1) is 11.6 Å². The molecular weight excluding hydrogens is 204 g/mol. The summed E-state index contributed by atoms with van der Waals surface area (Å²) in [5.41, 5.74) is -0.169. The fourth-order valence-electron chi connectivity index (χ4n) is 1.60. The van der Waals surface area contributed by atoms with E-state index in [1.807, 2.05) is 6.07 Å². The van der Waals surface area contributed by atoms with Crippen molar-refractivity contribution in [3.05, 3.63) is 53.3 Å². The van der Waals surface area contributed by atoms with Crippen molar-refractivity contribution in [2.24, 2.45) is 0 Å². The van der Waals surface area contributed by atoms with Crippen LogP contribution in [0.1, 0.15) is 0 Å². The molecule has 5 nitrogen and oxygen atoms in total. The average molecular weight is 212 g/mol. The van der Waals surface area contributed by atoms with Crippen molar-refractivity contribution in [3.63, 3.8) is 0 Å². The fourth-order valence-corrected chi connectivity index (χ4v) is 1.60. The highest BCUT2D eigenvalue weighted by molar-refractivity contribution is 5.80. The first kappa shape index (κ1) is 8.84. The summed E-state index contributed by atoms with van der Waals surface area (Å²) in [6.45, 7) is 0. The molecule has 0 spiro atoms. The van der Waals surface area contributed by atoms with E-state index in [0.29, 0.717) is 11.2 Å². The first-order chi connectivity index (χ1) is 7.86. The predicted molar refractivity (Wildman–Crippen MR) is 59.5 cm³/mol. The summed E-state index contributed by atoms with van der Waals surface area (Å²) in [4.78, 5) is 19.0. The van der Waals surface area contributed by atoms with E-state index < -0.39 is 0 Å². The van der Waals surface area contributed by atoms with Crippen LogP contribution in [0.15, 0.2) is 47.8 Å². The number of hydrogen-bond donors (Lipinski definition) is 1. The van der Waals surface area contributed by atoms with Crippen molar-refractivity contribution >= 4 is 10.8 Å². The molecule has 16 heavy (non-hydrogen) atoms. The third-order valence-corrected chi connectivity index (χ3v) is 2.38. The van der Waals surface area contributed by atoms with Gasteiger partial charge in [-0.1, -0.05) is 6.07 Å². The van der Waals surface area contributed by atoms with Gasteiger partial charge in [0, 0.05) is 24.0 Å². The lowest BCUT2D eigenvalue weighted by atomic mass is 10.3. The van der Waals surface area contributed by atoms with E-state index >= 15 is 0 Å². The first-order valence-corrected chi connectivity index (χ1v) is 4.82. The number of fused-ring (bicyclic) bond motifs is 1. The molecule has 78 valence electrons. The minimum absolute atomic E-state index is 0.169. The molecule has 0 unspecified atom stereocenters. The standard InChI is InChI=1S/C11H8N4O/c16-11-9-7-12-5-8(9)6-14-15(11)10-3-1-2-4-13-10/h1-7,12H. The topological polar surface area (TPSA) is 63.6 Å². The third kappa shape index (κ3) is 1.22. The number of rotatable bonds is 1. The van der Waals surface area contributed by atoms with Crippen molar-refractivity contribution in [2.45, 2.75) is 0 Å². The zero-order chi connectivity index (χ0) is 11.0. The molecule has 3 aromatic rings. The Morgan fingerprint density at radius 2 is 2.19 bits per heavy atom. The van der Waals surface area contributed by atoms with Gasteiger partial charge in [0.15, 0.2) is 5.82 Å². The van der Waals surface area contributed by atoms with Crippen molar-refractivity contribution in [1.82, 2.24) is 19.7 Å². The Balaban J connectivity index is 2.33. The Hall–Kier alpha value is -2.43. The molecule has 0 fully saturated rings. The maximum atomic E-state index is 12.0. The van der Waals surface area contributed by atoms with Crippen LogP contribution in [-0.4, -0.2) is 19.7 Å². The summed E-state index contributed by atoms with van der Waals surface area (Å²) in [5, 5.41) is 5.49. The second kappa shape index (κ2) is 3.30. The lowest BCUT2D eigenvalue weighted by Gasteiger charge is -2.01. The minimum Gasteiger partial charge on any atom is -0.366 e. The van der Waals surface area contributed by atoms with Crippen molar-refractivity contribution in [2.75, 3.05) is 0 Å². The predicted octanol–water partition coefficient (Wildman–Crippen LogP) is 1.11. The molecule has 0 aliphatic heterocycles. The highest BCUT2D eigenvalue weighted by Crippen LogP contribution is 2.07. The monoisotopic (exact) mass is 212 g/mol. The lowest BCUT2D eigenvalue weighted by molar-refractivity contribution is 0.794. The molecule has 0 amide bonds. The van der Waals surface area contributed by atoms with Crippen LogP contribution in [0.3, 0.4) is 0 Å². The minimum atomic E-state index is -0.169. The summed E-state index contributed by atoms with van der Waals surface area (Å²) in [7, 11) is 0. The molecule has 3 rings (SSSR count). The molecule has 5 heteroatoms. The van der Waals surface area contributed by atoms with E-state index in [1.165, 1.54) is 4.68 Å². The number of aromatic nitrogens is 4. The highest BCUT2D eigenvalue weighted by atomic mass is 16.1. The summed E-state index contributed by atoms with van der Waals surface area (Å²) >= 11 is 0. The molecular formula is C11H8N4O. The van der Waals surface area contributed by atoms with Gasteiger partial charge in [-0.2, -0.15) is 9.78 Å². The van der Waals surface area contributed by atoms with Gasteiger partial charge in [0.25, 0.3) is 5.56 Å². The van der Waals surface area contributed by atoms with Crippen LogP contribution in [0.5, 0.6) is 0 Å². The number of pyridine rings is 1.